The summed E-state index contributed by atoms with van der Waals surface area (Å²) >= 11 is 0. The molecule has 2 amide bonds. The Balaban J connectivity index is 1.50. The lowest BCUT2D eigenvalue weighted by atomic mass is 9.92. The lowest BCUT2D eigenvalue weighted by molar-refractivity contribution is 0.178. The van der Waals surface area contributed by atoms with E-state index >= 15 is 0 Å². The predicted molar refractivity (Wildman–Crippen MR) is 148 cm³/mol. The second-order valence-corrected chi connectivity index (χ2v) is 10.8. The molecule has 204 valence electrons. The van der Waals surface area contributed by atoms with Crippen molar-refractivity contribution in [1.82, 2.24) is 14.7 Å². The fourth-order valence-electron chi connectivity index (χ4n) is 4.85. The number of aromatic nitrogens is 3. The summed E-state index contributed by atoms with van der Waals surface area (Å²) < 4.78 is 21.6. The predicted octanol–water partition coefficient (Wildman–Crippen LogP) is 5.26. The average molecular weight is 535 g/mol. The van der Waals surface area contributed by atoms with Crippen molar-refractivity contribution in [2.75, 3.05) is 23.0 Å². The van der Waals surface area contributed by atoms with Crippen molar-refractivity contribution in [2.45, 2.75) is 57.6 Å². The zero-order chi connectivity index (χ0) is 27.9. The van der Waals surface area contributed by atoms with E-state index in [0.717, 1.165) is 5.39 Å². The van der Waals surface area contributed by atoms with Gasteiger partial charge in [0.1, 0.15) is 11.6 Å². The molecule has 1 aliphatic carbocycles. The highest BCUT2D eigenvalue weighted by Gasteiger charge is 2.28. The third kappa shape index (κ3) is 5.35. The van der Waals surface area contributed by atoms with E-state index in [0.29, 0.717) is 47.4 Å². The van der Waals surface area contributed by atoms with Crippen LogP contribution in [0.5, 0.6) is 0 Å². The van der Waals surface area contributed by atoms with Crippen LogP contribution in [0.15, 0.2) is 51.9 Å². The topological polar surface area (TPSA) is 134 Å². The lowest BCUT2D eigenvalue weighted by Gasteiger charge is -2.19. The SMILES string of the molecule is CNc1cc2c(cn1)cc(-c1ccc(F)c(NC(=O)Nc3cc(C(C)(C)C)no3)c1)c(=O)n2C1CC[C@@H](O)C1. The molecule has 10 nitrogen and oxygen atoms in total. The molecule has 0 aliphatic heterocycles. The smallest absolute Gasteiger partial charge is 0.326 e. The fraction of sp³-hybridized carbons (Fsp3) is 0.357. The van der Waals surface area contributed by atoms with Crippen molar-refractivity contribution in [3.05, 3.63) is 64.5 Å². The van der Waals surface area contributed by atoms with E-state index < -0.39 is 18.0 Å². The molecule has 3 aromatic heterocycles. The van der Waals surface area contributed by atoms with Crippen LogP contribution >= 0.6 is 0 Å². The number of hydrogen-bond acceptors (Lipinski definition) is 7. The number of nitrogens with one attached hydrogen (secondary N) is 3. The van der Waals surface area contributed by atoms with Gasteiger partial charge in [-0.05, 0) is 43.0 Å². The van der Waals surface area contributed by atoms with E-state index in [2.05, 4.69) is 26.1 Å². The van der Waals surface area contributed by atoms with E-state index in [9.17, 15) is 19.1 Å². The van der Waals surface area contributed by atoms with Gasteiger partial charge in [0.25, 0.3) is 5.56 Å². The molecule has 0 saturated heterocycles. The standard InChI is InChI=1S/C28H31FN6O4/c1-28(2,3)23-13-25(39-34-23)33-27(38)32-21-10-15(5-8-20(21)29)19-9-16-14-31-24(30-4)12-22(16)35(26(19)37)17-6-7-18(36)11-17/h5,8-10,12-14,17-18,36H,6-7,11H2,1-4H3,(H,30,31)(H2,32,33,38)/t17?,18-/m1/s1. The molecule has 1 unspecified atom stereocenters. The first kappa shape index (κ1) is 26.4. The summed E-state index contributed by atoms with van der Waals surface area (Å²) in [5, 5.41) is 22.9. The van der Waals surface area contributed by atoms with Crippen LogP contribution in [0.25, 0.3) is 22.0 Å². The number of rotatable bonds is 5. The second-order valence-electron chi connectivity index (χ2n) is 10.8. The highest BCUT2D eigenvalue weighted by atomic mass is 19.1. The maximum atomic E-state index is 14.7. The van der Waals surface area contributed by atoms with Crippen LogP contribution in [-0.4, -0.2) is 39.0 Å². The molecule has 1 aliphatic rings. The number of pyridine rings is 2. The number of carbonyl (C=O) groups is 1. The Bertz CT molecular complexity index is 1610. The number of amides is 2. The molecule has 0 bridgehead atoms. The third-order valence-corrected chi connectivity index (χ3v) is 6.96. The molecule has 1 saturated carbocycles. The number of nitrogens with zero attached hydrogens (tertiary/aromatic N) is 3. The minimum atomic E-state index is -0.720. The first-order valence-electron chi connectivity index (χ1n) is 12.8. The number of hydrogen-bond donors (Lipinski definition) is 4. The average Bonchev–Trinajstić information content (AvgIpc) is 3.53. The van der Waals surface area contributed by atoms with Crippen LogP contribution in [0, 0.1) is 5.82 Å². The van der Waals surface area contributed by atoms with Crippen LogP contribution in [0.3, 0.4) is 0 Å². The number of benzene rings is 1. The van der Waals surface area contributed by atoms with Crippen LogP contribution in [0.4, 0.5) is 26.6 Å². The Kier molecular flexibility index (Phi) is 6.85. The molecule has 3 heterocycles. The summed E-state index contributed by atoms with van der Waals surface area (Å²) in [6.07, 6.45) is 2.92. The van der Waals surface area contributed by atoms with Gasteiger partial charge in [-0.3, -0.25) is 10.1 Å². The summed E-state index contributed by atoms with van der Waals surface area (Å²) in [6, 6.07) is 8.34. The van der Waals surface area contributed by atoms with Crippen molar-refractivity contribution < 1.29 is 18.8 Å². The maximum absolute atomic E-state index is 14.7. The highest BCUT2D eigenvalue weighted by Crippen LogP contribution is 2.34. The van der Waals surface area contributed by atoms with Crippen LogP contribution in [0.1, 0.15) is 51.8 Å². The number of urea groups is 1. The Hall–Kier alpha value is -4.25. The first-order valence-corrected chi connectivity index (χ1v) is 12.8. The number of aliphatic hydroxyl groups excluding tert-OH is 1. The molecular formula is C28H31FN6O4. The van der Waals surface area contributed by atoms with Crippen molar-refractivity contribution in [3.63, 3.8) is 0 Å². The second kappa shape index (κ2) is 10.1. The highest BCUT2D eigenvalue weighted by molar-refractivity contribution is 5.99. The summed E-state index contributed by atoms with van der Waals surface area (Å²) in [4.78, 5) is 30.9. The monoisotopic (exact) mass is 534 g/mol. The Labute approximate surface area is 224 Å². The quantitative estimate of drug-likeness (QED) is 0.274. The van der Waals surface area contributed by atoms with Gasteiger partial charge in [0, 0.05) is 47.8 Å². The minimum Gasteiger partial charge on any atom is -0.393 e. The Morgan fingerprint density at radius 2 is 1.95 bits per heavy atom. The van der Waals surface area contributed by atoms with E-state index in [1.165, 1.54) is 18.2 Å². The number of fused-ring (bicyclic) bond motifs is 1. The van der Waals surface area contributed by atoms with Gasteiger partial charge in [0.2, 0.25) is 5.88 Å². The van der Waals surface area contributed by atoms with Gasteiger partial charge in [0.05, 0.1) is 23.0 Å². The number of aliphatic hydroxyl groups is 1. The molecular weight excluding hydrogens is 503 g/mol. The van der Waals surface area contributed by atoms with Gasteiger partial charge in [-0.1, -0.05) is 32.0 Å². The van der Waals surface area contributed by atoms with Gasteiger partial charge < -0.3 is 24.8 Å². The van der Waals surface area contributed by atoms with Gasteiger partial charge in [0.15, 0.2) is 0 Å². The normalized spacial score (nSPS) is 17.4. The van der Waals surface area contributed by atoms with Crippen molar-refractivity contribution in [1.29, 1.82) is 0 Å². The van der Waals surface area contributed by atoms with Crippen molar-refractivity contribution in [3.8, 4) is 11.1 Å². The summed E-state index contributed by atoms with van der Waals surface area (Å²) in [7, 11) is 1.75. The van der Waals surface area contributed by atoms with Crippen molar-refractivity contribution in [2.24, 2.45) is 0 Å². The van der Waals surface area contributed by atoms with E-state index in [1.807, 2.05) is 26.8 Å². The molecule has 0 radical (unpaired) electrons. The Morgan fingerprint density at radius 3 is 2.62 bits per heavy atom. The maximum Gasteiger partial charge on any atom is 0.326 e. The minimum absolute atomic E-state index is 0.105. The van der Waals surface area contributed by atoms with Crippen LogP contribution in [0.2, 0.25) is 0 Å². The fourth-order valence-corrected chi connectivity index (χ4v) is 4.85. The molecule has 1 fully saturated rings. The van der Waals surface area contributed by atoms with Gasteiger partial charge in [-0.25, -0.2) is 14.2 Å². The molecule has 4 N–H and O–H groups in total. The summed E-state index contributed by atoms with van der Waals surface area (Å²) in [5.74, 6) is 0.0726. The summed E-state index contributed by atoms with van der Waals surface area (Å²) in [6.45, 7) is 5.88. The summed E-state index contributed by atoms with van der Waals surface area (Å²) in [5.41, 5.74) is 1.47. The molecule has 0 spiro atoms. The molecule has 2 atom stereocenters. The van der Waals surface area contributed by atoms with E-state index in [1.54, 1.807) is 29.9 Å². The number of carbonyl (C=O) groups excluding carboxylic acids is 1. The molecule has 11 heteroatoms. The number of halogens is 1. The molecule has 4 aromatic rings. The van der Waals surface area contributed by atoms with Gasteiger partial charge in [-0.15, -0.1) is 0 Å². The largest absolute Gasteiger partial charge is 0.393 e. The number of anilines is 3. The van der Waals surface area contributed by atoms with Crippen LogP contribution < -0.4 is 21.5 Å². The van der Waals surface area contributed by atoms with Gasteiger partial charge in [-0.2, -0.15) is 0 Å². The van der Waals surface area contributed by atoms with E-state index in [-0.39, 0.29) is 28.6 Å². The zero-order valence-electron chi connectivity index (χ0n) is 22.2. The molecule has 39 heavy (non-hydrogen) atoms. The lowest BCUT2D eigenvalue weighted by Crippen LogP contribution is -2.26. The zero-order valence-corrected chi connectivity index (χ0v) is 22.2. The molecule has 1 aromatic carbocycles. The van der Waals surface area contributed by atoms with Gasteiger partial charge >= 0.3 is 6.03 Å². The molecule has 5 rings (SSSR count). The Morgan fingerprint density at radius 1 is 1.15 bits per heavy atom. The first-order chi connectivity index (χ1) is 18.5. The van der Waals surface area contributed by atoms with Crippen LogP contribution in [-0.2, 0) is 5.41 Å². The third-order valence-electron chi connectivity index (χ3n) is 6.96. The van der Waals surface area contributed by atoms with E-state index in [4.69, 9.17) is 4.52 Å². The van der Waals surface area contributed by atoms with Crippen molar-refractivity contribution >= 4 is 34.3 Å².